The molecule has 7 heteroatoms. The van der Waals surface area contributed by atoms with E-state index in [0.717, 1.165) is 45.4 Å². The van der Waals surface area contributed by atoms with Gasteiger partial charge in [-0.15, -0.1) is 12.4 Å². The summed E-state index contributed by atoms with van der Waals surface area (Å²) < 4.78 is 1.95. The van der Waals surface area contributed by atoms with Crippen molar-refractivity contribution in [2.75, 3.05) is 26.2 Å². The first-order valence-corrected chi connectivity index (χ1v) is 8.94. The maximum absolute atomic E-state index is 12.4. The van der Waals surface area contributed by atoms with Gasteiger partial charge in [0.05, 0.1) is 6.04 Å². The molecular formula is C17H30ClN5O. The normalized spacial score (nSPS) is 23.0. The average Bonchev–Trinajstić information content (AvgIpc) is 3.06. The second kappa shape index (κ2) is 8.83. The molecule has 1 aromatic heterocycles. The Morgan fingerprint density at radius 1 is 1.33 bits per heavy atom. The number of likely N-dealkylation sites (tertiary alicyclic amines) is 1. The van der Waals surface area contributed by atoms with E-state index in [2.05, 4.69) is 34.5 Å². The predicted molar refractivity (Wildman–Crippen MR) is 97.8 cm³/mol. The van der Waals surface area contributed by atoms with Crippen LogP contribution in [0.4, 0.5) is 0 Å². The van der Waals surface area contributed by atoms with Gasteiger partial charge in [0.25, 0.3) is 5.91 Å². The van der Waals surface area contributed by atoms with E-state index in [9.17, 15) is 4.79 Å². The van der Waals surface area contributed by atoms with Gasteiger partial charge in [0.2, 0.25) is 0 Å². The number of nitrogens with one attached hydrogen (secondary N) is 2. The second-order valence-corrected chi connectivity index (χ2v) is 7.06. The van der Waals surface area contributed by atoms with Crippen molar-refractivity contribution >= 4 is 18.3 Å². The van der Waals surface area contributed by atoms with Gasteiger partial charge < -0.3 is 15.5 Å². The van der Waals surface area contributed by atoms with Gasteiger partial charge >= 0.3 is 0 Å². The largest absolute Gasteiger partial charge is 0.348 e. The SMILES string of the molecule is CC(C)N1CCC(NC(=O)c2ccn(C3CCCNC3)n2)CC1.Cl. The maximum atomic E-state index is 12.4. The molecule has 136 valence electrons. The summed E-state index contributed by atoms with van der Waals surface area (Å²) in [6.45, 7) is 8.60. The molecule has 2 saturated heterocycles. The molecule has 3 rings (SSSR count). The molecule has 1 unspecified atom stereocenters. The Kier molecular flexibility index (Phi) is 7.07. The van der Waals surface area contributed by atoms with E-state index in [0.29, 0.717) is 17.8 Å². The first-order valence-electron chi connectivity index (χ1n) is 8.94. The quantitative estimate of drug-likeness (QED) is 0.865. The molecule has 6 nitrogen and oxygen atoms in total. The van der Waals surface area contributed by atoms with E-state index >= 15 is 0 Å². The number of aromatic nitrogens is 2. The first-order chi connectivity index (χ1) is 11.1. The van der Waals surface area contributed by atoms with E-state index in [-0.39, 0.29) is 24.4 Å². The summed E-state index contributed by atoms with van der Waals surface area (Å²) in [4.78, 5) is 14.9. The molecule has 0 aromatic carbocycles. The summed E-state index contributed by atoms with van der Waals surface area (Å²) in [5.41, 5.74) is 0.543. The smallest absolute Gasteiger partial charge is 0.271 e. The molecule has 0 bridgehead atoms. The molecular weight excluding hydrogens is 326 g/mol. The van der Waals surface area contributed by atoms with E-state index < -0.39 is 0 Å². The van der Waals surface area contributed by atoms with Gasteiger partial charge in [0.1, 0.15) is 5.69 Å². The third-order valence-corrected chi connectivity index (χ3v) is 5.08. The topological polar surface area (TPSA) is 62.2 Å². The molecule has 2 N–H and O–H groups in total. The van der Waals surface area contributed by atoms with Crippen LogP contribution in [0.2, 0.25) is 0 Å². The van der Waals surface area contributed by atoms with Crippen molar-refractivity contribution in [3.63, 3.8) is 0 Å². The Morgan fingerprint density at radius 2 is 2.08 bits per heavy atom. The highest BCUT2D eigenvalue weighted by Crippen LogP contribution is 2.16. The predicted octanol–water partition coefficient (Wildman–Crippen LogP) is 1.83. The zero-order valence-corrected chi connectivity index (χ0v) is 15.5. The summed E-state index contributed by atoms with van der Waals surface area (Å²) in [6.07, 6.45) is 6.28. The lowest BCUT2D eigenvalue weighted by Gasteiger charge is -2.34. The zero-order chi connectivity index (χ0) is 16.2. The molecule has 24 heavy (non-hydrogen) atoms. The van der Waals surface area contributed by atoms with Crippen LogP contribution in [0.25, 0.3) is 0 Å². The molecule has 0 spiro atoms. The fourth-order valence-electron chi connectivity index (χ4n) is 3.54. The van der Waals surface area contributed by atoms with Crippen molar-refractivity contribution in [3.05, 3.63) is 18.0 Å². The highest BCUT2D eigenvalue weighted by atomic mass is 35.5. The van der Waals surface area contributed by atoms with Crippen molar-refractivity contribution in [3.8, 4) is 0 Å². The van der Waals surface area contributed by atoms with Crippen LogP contribution >= 0.6 is 12.4 Å². The van der Waals surface area contributed by atoms with E-state index in [1.54, 1.807) is 0 Å². The molecule has 2 aliphatic rings. The number of nitrogens with zero attached hydrogens (tertiary/aromatic N) is 3. The summed E-state index contributed by atoms with van der Waals surface area (Å²) in [5.74, 6) is -0.0319. The van der Waals surface area contributed by atoms with Gasteiger partial charge in [-0.05, 0) is 52.1 Å². The summed E-state index contributed by atoms with van der Waals surface area (Å²) >= 11 is 0. The molecule has 0 radical (unpaired) electrons. The molecule has 2 fully saturated rings. The van der Waals surface area contributed by atoms with Gasteiger partial charge in [-0.2, -0.15) is 5.10 Å². The third-order valence-electron chi connectivity index (χ3n) is 5.08. The lowest BCUT2D eigenvalue weighted by Crippen LogP contribution is -2.46. The second-order valence-electron chi connectivity index (χ2n) is 7.06. The van der Waals surface area contributed by atoms with Gasteiger partial charge in [0, 0.05) is 37.9 Å². The number of carbonyl (C=O) groups is 1. The Labute approximate surface area is 150 Å². The van der Waals surface area contributed by atoms with Gasteiger partial charge in [-0.3, -0.25) is 9.48 Å². The average molecular weight is 356 g/mol. The van der Waals surface area contributed by atoms with Crippen LogP contribution in [0, 0.1) is 0 Å². The zero-order valence-electron chi connectivity index (χ0n) is 14.7. The third kappa shape index (κ3) is 4.71. The number of hydrogen-bond donors (Lipinski definition) is 2. The fourth-order valence-corrected chi connectivity index (χ4v) is 3.54. The first kappa shape index (κ1) is 19.2. The van der Waals surface area contributed by atoms with Crippen LogP contribution in [0.5, 0.6) is 0 Å². The highest BCUT2D eigenvalue weighted by Gasteiger charge is 2.23. The minimum absolute atomic E-state index is 0. The summed E-state index contributed by atoms with van der Waals surface area (Å²) in [7, 11) is 0. The molecule has 0 aliphatic carbocycles. The van der Waals surface area contributed by atoms with Crippen LogP contribution in [-0.2, 0) is 0 Å². The molecule has 2 aliphatic heterocycles. The van der Waals surface area contributed by atoms with Crippen LogP contribution in [0.1, 0.15) is 56.1 Å². The van der Waals surface area contributed by atoms with Crippen LogP contribution in [0.15, 0.2) is 12.3 Å². The fraction of sp³-hybridized carbons (Fsp3) is 0.765. The Bertz CT molecular complexity index is 519. The van der Waals surface area contributed by atoms with Crippen molar-refractivity contribution in [2.24, 2.45) is 0 Å². The van der Waals surface area contributed by atoms with Crippen molar-refractivity contribution < 1.29 is 4.79 Å². The lowest BCUT2D eigenvalue weighted by atomic mass is 10.0. The molecule has 1 atom stereocenters. The summed E-state index contributed by atoms with van der Waals surface area (Å²) in [5, 5.41) is 11.0. The van der Waals surface area contributed by atoms with Gasteiger partial charge in [-0.1, -0.05) is 0 Å². The summed E-state index contributed by atoms with van der Waals surface area (Å²) in [6, 6.07) is 3.08. The van der Waals surface area contributed by atoms with Crippen molar-refractivity contribution in [1.82, 2.24) is 25.3 Å². The highest BCUT2D eigenvalue weighted by molar-refractivity contribution is 5.92. The number of piperidine rings is 2. The standard InChI is InChI=1S/C17H29N5O.ClH/c1-13(2)21-9-5-14(6-10-21)19-17(23)16-7-11-22(20-16)15-4-3-8-18-12-15;/h7,11,13-15,18H,3-6,8-10,12H2,1-2H3,(H,19,23);1H. The molecule has 3 heterocycles. The van der Waals surface area contributed by atoms with E-state index in [4.69, 9.17) is 0 Å². The van der Waals surface area contributed by atoms with Gasteiger partial charge in [-0.25, -0.2) is 0 Å². The van der Waals surface area contributed by atoms with Crippen LogP contribution < -0.4 is 10.6 Å². The molecule has 0 saturated carbocycles. The number of amides is 1. The monoisotopic (exact) mass is 355 g/mol. The van der Waals surface area contributed by atoms with Crippen molar-refractivity contribution in [1.29, 1.82) is 0 Å². The molecule has 1 amide bonds. The van der Waals surface area contributed by atoms with Gasteiger partial charge in [0.15, 0.2) is 0 Å². The number of hydrogen-bond acceptors (Lipinski definition) is 4. The van der Waals surface area contributed by atoms with E-state index in [1.807, 2.05) is 16.9 Å². The Morgan fingerprint density at radius 3 is 2.71 bits per heavy atom. The Balaban J connectivity index is 0.00000208. The minimum atomic E-state index is -0.0319. The van der Waals surface area contributed by atoms with Crippen LogP contribution in [0.3, 0.4) is 0 Å². The maximum Gasteiger partial charge on any atom is 0.271 e. The lowest BCUT2D eigenvalue weighted by molar-refractivity contribution is 0.0894. The minimum Gasteiger partial charge on any atom is -0.348 e. The number of carbonyl (C=O) groups excluding carboxylic acids is 1. The molecule has 1 aromatic rings. The number of rotatable bonds is 4. The van der Waals surface area contributed by atoms with Crippen LogP contribution in [-0.4, -0.2) is 58.9 Å². The van der Waals surface area contributed by atoms with E-state index in [1.165, 1.54) is 6.42 Å². The van der Waals surface area contributed by atoms with Crippen molar-refractivity contribution in [2.45, 2.75) is 57.7 Å². The number of halogens is 1. The Hall–Kier alpha value is -1.11.